The van der Waals surface area contributed by atoms with Crippen molar-refractivity contribution in [2.24, 2.45) is 0 Å². The summed E-state index contributed by atoms with van der Waals surface area (Å²) < 4.78 is 2.29. The second kappa shape index (κ2) is 7.02. The Bertz CT molecular complexity index is 1020. The van der Waals surface area contributed by atoms with Gasteiger partial charge in [-0.2, -0.15) is 5.26 Å². The third kappa shape index (κ3) is 3.65. The molecule has 0 aliphatic rings. The number of hydrogen-bond donors (Lipinski definition) is 1. The first-order chi connectivity index (χ1) is 12.7. The van der Waals surface area contributed by atoms with E-state index in [1.165, 1.54) is 22.5 Å². The Morgan fingerprint density at radius 2 is 1.74 bits per heavy atom. The Morgan fingerprint density at radius 1 is 1.07 bits per heavy atom. The Hall–Kier alpha value is -2.90. The Labute approximate surface area is 160 Å². The Kier molecular flexibility index (Phi) is 4.91. The van der Waals surface area contributed by atoms with Crippen molar-refractivity contribution in [3.05, 3.63) is 76.4 Å². The first-order valence-electron chi connectivity index (χ1n) is 9.06. The molecule has 1 aromatic carbocycles. The predicted octanol–water partition coefficient (Wildman–Crippen LogP) is 4.62. The predicted molar refractivity (Wildman–Crippen MR) is 107 cm³/mol. The molecule has 4 nitrogen and oxygen atoms in total. The lowest BCUT2D eigenvalue weighted by molar-refractivity contribution is 0.0781. The van der Waals surface area contributed by atoms with Gasteiger partial charge in [0.05, 0.1) is 17.2 Å². The van der Waals surface area contributed by atoms with Crippen molar-refractivity contribution in [2.75, 3.05) is 0 Å². The van der Waals surface area contributed by atoms with Gasteiger partial charge in [0, 0.05) is 41.5 Å². The van der Waals surface area contributed by atoms with Crippen LogP contribution in [0.5, 0.6) is 0 Å². The molecule has 4 heteroatoms. The molecule has 0 saturated carbocycles. The largest absolute Gasteiger partial charge is 0.386 e. The fraction of sp³-hybridized carbons (Fsp3) is 0.304. The van der Waals surface area contributed by atoms with Crippen LogP contribution in [0.15, 0.2) is 42.7 Å². The molecule has 3 aromatic rings. The number of aliphatic hydroxyl groups is 1. The summed E-state index contributed by atoms with van der Waals surface area (Å²) in [6, 6.07) is 11.9. The van der Waals surface area contributed by atoms with Gasteiger partial charge in [-0.05, 0) is 69.5 Å². The van der Waals surface area contributed by atoms with E-state index in [4.69, 9.17) is 5.26 Å². The van der Waals surface area contributed by atoms with Crippen molar-refractivity contribution in [1.82, 2.24) is 9.55 Å². The molecule has 0 fully saturated rings. The van der Waals surface area contributed by atoms with Crippen LogP contribution < -0.4 is 0 Å². The fourth-order valence-electron chi connectivity index (χ4n) is 3.51. The van der Waals surface area contributed by atoms with Gasteiger partial charge in [-0.15, -0.1) is 0 Å². The maximum atomic E-state index is 10.3. The highest BCUT2D eigenvalue weighted by Crippen LogP contribution is 2.32. The van der Waals surface area contributed by atoms with Crippen molar-refractivity contribution >= 4 is 0 Å². The molecule has 0 aliphatic carbocycles. The standard InChI is InChI=1S/C23H25N3O/c1-15-16(2)26(14-19-10-21(13-25-12-19)23(4,5)27)17(3)22(15)20-8-6-18(11-24)7-9-20/h6-10,12-13,27H,14H2,1-5H3. The average molecular weight is 359 g/mol. The molecular weight excluding hydrogens is 334 g/mol. The van der Waals surface area contributed by atoms with Crippen LogP contribution in [0.4, 0.5) is 0 Å². The number of nitrogens with zero attached hydrogens (tertiary/aromatic N) is 3. The van der Waals surface area contributed by atoms with Gasteiger partial charge in [0.1, 0.15) is 0 Å². The normalized spacial score (nSPS) is 11.4. The van der Waals surface area contributed by atoms with Gasteiger partial charge in [-0.1, -0.05) is 12.1 Å². The number of rotatable bonds is 4. The average Bonchev–Trinajstić information content (AvgIpc) is 2.85. The van der Waals surface area contributed by atoms with Crippen LogP contribution in [0.1, 0.15) is 47.5 Å². The maximum absolute atomic E-state index is 10.3. The third-order valence-electron chi connectivity index (χ3n) is 5.23. The smallest absolute Gasteiger partial charge is 0.0991 e. The van der Waals surface area contributed by atoms with E-state index in [2.05, 4.69) is 36.4 Å². The summed E-state index contributed by atoms with van der Waals surface area (Å²) >= 11 is 0. The van der Waals surface area contributed by atoms with E-state index >= 15 is 0 Å². The van der Waals surface area contributed by atoms with Crippen molar-refractivity contribution in [2.45, 2.75) is 46.8 Å². The van der Waals surface area contributed by atoms with Gasteiger partial charge < -0.3 is 9.67 Å². The zero-order chi connectivity index (χ0) is 19.8. The first-order valence-corrected chi connectivity index (χ1v) is 9.06. The molecule has 0 amide bonds. The summed E-state index contributed by atoms with van der Waals surface area (Å²) in [6.45, 7) is 10.6. The van der Waals surface area contributed by atoms with Crippen LogP contribution in [0, 0.1) is 32.1 Å². The highest BCUT2D eigenvalue weighted by atomic mass is 16.3. The fourth-order valence-corrected chi connectivity index (χ4v) is 3.51. The minimum atomic E-state index is -0.909. The van der Waals surface area contributed by atoms with E-state index in [9.17, 15) is 5.11 Å². The maximum Gasteiger partial charge on any atom is 0.0991 e. The molecule has 138 valence electrons. The molecule has 1 N–H and O–H groups in total. The zero-order valence-corrected chi connectivity index (χ0v) is 16.5. The van der Waals surface area contributed by atoms with E-state index < -0.39 is 5.60 Å². The molecule has 0 atom stereocenters. The van der Waals surface area contributed by atoms with Crippen LogP contribution in [-0.4, -0.2) is 14.7 Å². The summed E-state index contributed by atoms with van der Waals surface area (Å²) in [7, 11) is 0. The van der Waals surface area contributed by atoms with Crippen LogP contribution >= 0.6 is 0 Å². The third-order valence-corrected chi connectivity index (χ3v) is 5.23. The summed E-state index contributed by atoms with van der Waals surface area (Å²) in [4.78, 5) is 4.31. The summed E-state index contributed by atoms with van der Waals surface area (Å²) in [5.74, 6) is 0. The second-order valence-corrected chi connectivity index (χ2v) is 7.59. The monoisotopic (exact) mass is 359 g/mol. The van der Waals surface area contributed by atoms with Gasteiger partial charge in [-0.25, -0.2) is 0 Å². The number of pyridine rings is 1. The topological polar surface area (TPSA) is 61.8 Å². The van der Waals surface area contributed by atoms with Crippen LogP contribution in [0.2, 0.25) is 0 Å². The van der Waals surface area contributed by atoms with Crippen LogP contribution in [0.25, 0.3) is 11.1 Å². The lowest BCUT2D eigenvalue weighted by atomic mass is 9.99. The number of nitriles is 1. The van der Waals surface area contributed by atoms with Gasteiger partial charge in [-0.3, -0.25) is 4.98 Å². The molecule has 0 radical (unpaired) electrons. The van der Waals surface area contributed by atoms with E-state index in [1.54, 1.807) is 20.0 Å². The minimum absolute atomic E-state index is 0.666. The van der Waals surface area contributed by atoms with Gasteiger partial charge in [0.2, 0.25) is 0 Å². The molecular formula is C23H25N3O. The zero-order valence-electron chi connectivity index (χ0n) is 16.5. The van der Waals surface area contributed by atoms with Crippen molar-refractivity contribution in [3.63, 3.8) is 0 Å². The van der Waals surface area contributed by atoms with Crippen molar-refractivity contribution in [1.29, 1.82) is 5.26 Å². The van der Waals surface area contributed by atoms with Gasteiger partial charge in [0.25, 0.3) is 0 Å². The Morgan fingerprint density at radius 3 is 2.33 bits per heavy atom. The molecule has 0 saturated heterocycles. The lowest BCUT2D eigenvalue weighted by Crippen LogP contribution is -2.16. The highest BCUT2D eigenvalue weighted by molar-refractivity contribution is 5.72. The minimum Gasteiger partial charge on any atom is -0.386 e. The van der Waals surface area contributed by atoms with E-state index in [1.807, 2.05) is 36.5 Å². The molecule has 2 heterocycles. The molecule has 0 bridgehead atoms. The summed E-state index contributed by atoms with van der Waals surface area (Å²) in [6.07, 6.45) is 3.57. The number of aromatic nitrogens is 2. The Balaban J connectivity index is 2.02. The molecule has 27 heavy (non-hydrogen) atoms. The van der Waals surface area contributed by atoms with Gasteiger partial charge >= 0.3 is 0 Å². The molecule has 3 rings (SSSR count). The van der Waals surface area contributed by atoms with Crippen LogP contribution in [-0.2, 0) is 12.1 Å². The van der Waals surface area contributed by atoms with E-state index in [0.717, 1.165) is 16.7 Å². The molecule has 2 aromatic heterocycles. The SMILES string of the molecule is Cc1c(-c2ccc(C#N)cc2)c(C)n(Cc2cncc(C(C)(C)O)c2)c1C. The van der Waals surface area contributed by atoms with E-state index in [-0.39, 0.29) is 0 Å². The van der Waals surface area contributed by atoms with Crippen molar-refractivity contribution in [3.8, 4) is 17.2 Å². The highest BCUT2D eigenvalue weighted by Gasteiger charge is 2.19. The number of hydrogen-bond acceptors (Lipinski definition) is 3. The van der Waals surface area contributed by atoms with Crippen LogP contribution in [0.3, 0.4) is 0 Å². The van der Waals surface area contributed by atoms with E-state index in [0.29, 0.717) is 12.1 Å². The summed E-state index contributed by atoms with van der Waals surface area (Å²) in [5.41, 5.74) is 7.59. The van der Waals surface area contributed by atoms with Gasteiger partial charge in [0.15, 0.2) is 0 Å². The van der Waals surface area contributed by atoms with Crippen molar-refractivity contribution < 1.29 is 5.11 Å². The number of benzene rings is 1. The summed E-state index contributed by atoms with van der Waals surface area (Å²) in [5, 5.41) is 19.3. The quantitative estimate of drug-likeness (QED) is 0.739. The second-order valence-electron chi connectivity index (χ2n) is 7.59. The molecule has 0 aliphatic heterocycles. The molecule has 0 spiro atoms. The lowest BCUT2D eigenvalue weighted by Gasteiger charge is -2.18. The first kappa shape index (κ1) is 18.9. The molecule has 0 unspecified atom stereocenters.